The van der Waals surface area contributed by atoms with Gasteiger partial charge in [-0.1, -0.05) is 6.07 Å². The summed E-state index contributed by atoms with van der Waals surface area (Å²) in [4.78, 5) is 0. The molecule has 0 bridgehead atoms. The van der Waals surface area contributed by atoms with Gasteiger partial charge in [-0.3, -0.25) is 5.32 Å². The molecule has 1 aliphatic rings. The van der Waals surface area contributed by atoms with Crippen molar-refractivity contribution < 1.29 is 9.67 Å². The molecule has 1 atom stereocenters. The van der Waals surface area contributed by atoms with Crippen LogP contribution in [0.2, 0.25) is 0 Å². The fraction of sp³-hybridized carbons (Fsp3) is 0.375. The summed E-state index contributed by atoms with van der Waals surface area (Å²) in [6, 6.07) is 5.95. The Balaban J connectivity index is 2.34. The first-order chi connectivity index (χ1) is 5.36. The van der Waals surface area contributed by atoms with E-state index in [0.717, 1.165) is 5.82 Å². The molecular formula is C8H11N2O+. The summed E-state index contributed by atoms with van der Waals surface area (Å²) in [5, 5.41) is 12.4. The van der Waals surface area contributed by atoms with Crippen LogP contribution in [-0.2, 0) is 6.54 Å². The number of nitrogens with one attached hydrogen (secondary N) is 1. The molecule has 1 aromatic heterocycles. The molecule has 0 spiro atoms. The second-order valence-corrected chi connectivity index (χ2v) is 2.77. The number of hydrogen-bond acceptors (Lipinski definition) is 2. The normalized spacial score (nSPS) is 22.1. The van der Waals surface area contributed by atoms with Crippen LogP contribution in [0.3, 0.4) is 0 Å². The van der Waals surface area contributed by atoms with Crippen LogP contribution in [0.25, 0.3) is 0 Å². The Bertz CT molecular complexity index is 262. The number of nitrogens with zero attached hydrogens (tertiary/aromatic N) is 1. The number of aliphatic hydroxyl groups excluding tert-OH is 1. The number of β-amino-alcohol motifs (C(OH)–C–C–N with tert-alkyl or cyclic N) is 1. The Morgan fingerprint density at radius 2 is 2.45 bits per heavy atom. The van der Waals surface area contributed by atoms with Crippen LogP contribution in [0.5, 0.6) is 0 Å². The molecule has 0 radical (unpaired) electrons. The standard InChI is InChI=1S/C8H10N2O/c11-7-5-9-8-3-1-2-4-10(8)6-7/h1-4,7,11H,5-6H2/p+1/t7-/m1/s1. The minimum absolute atomic E-state index is 0.255. The lowest BCUT2D eigenvalue weighted by Crippen LogP contribution is -2.49. The first-order valence-corrected chi connectivity index (χ1v) is 3.76. The van der Waals surface area contributed by atoms with Crippen LogP contribution >= 0.6 is 0 Å². The zero-order valence-electron chi connectivity index (χ0n) is 6.20. The van der Waals surface area contributed by atoms with Crippen molar-refractivity contribution in [2.75, 3.05) is 11.9 Å². The molecule has 0 fully saturated rings. The van der Waals surface area contributed by atoms with Crippen LogP contribution in [0.15, 0.2) is 24.4 Å². The van der Waals surface area contributed by atoms with Crippen LogP contribution in [0.4, 0.5) is 5.82 Å². The Morgan fingerprint density at radius 1 is 1.55 bits per heavy atom. The first kappa shape index (κ1) is 6.61. The summed E-state index contributed by atoms with van der Waals surface area (Å²) in [5.74, 6) is 1.08. The third-order valence-electron chi connectivity index (χ3n) is 1.87. The van der Waals surface area contributed by atoms with Crippen molar-refractivity contribution in [2.45, 2.75) is 12.6 Å². The summed E-state index contributed by atoms with van der Waals surface area (Å²) < 4.78 is 2.01. The zero-order chi connectivity index (χ0) is 7.68. The van der Waals surface area contributed by atoms with Gasteiger partial charge in [0.1, 0.15) is 19.2 Å². The summed E-state index contributed by atoms with van der Waals surface area (Å²) in [6.45, 7) is 1.35. The van der Waals surface area contributed by atoms with E-state index in [2.05, 4.69) is 5.32 Å². The number of aromatic nitrogens is 1. The van der Waals surface area contributed by atoms with Crippen molar-refractivity contribution in [3.05, 3.63) is 24.4 Å². The highest BCUT2D eigenvalue weighted by Gasteiger charge is 2.19. The molecule has 1 aromatic rings. The van der Waals surface area contributed by atoms with Crippen LogP contribution < -0.4 is 9.88 Å². The Hall–Kier alpha value is -1.09. The number of anilines is 1. The fourth-order valence-electron chi connectivity index (χ4n) is 1.31. The van der Waals surface area contributed by atoms with E-state index in [0.29, 0.717) is 13.1 Å². The van der Waals surface area contributed by atoms with Crippen molar-refractivity contribution in [1.29, 1.82) is 0 Å². The van der Waals surface area contributed by atoms with Crippen molar-refractivity contribution in [3.8, 4) is 0 Å². The fourth-order valence-corrected chi connectivity index (χ4v) is 1.31. The molecule has 0 amide bonds. The van der Waals surface area contributed by atoms with Crippen LogP contribution in [0.1, 0.15) is 0 Å². The lowest BCUT2D eigenvalue weighted by Gasteiger charge is -2.16. The summed E-state index contributed by atoms with van der Waals surface area (Å²) in [7, 11) is 0. The quantitative estimate of drug-likeness (QED) is 0.502. The van der Waals surface area contributed by atoms with Crippen LogP contribution in [-0.4, -0.2) is 17.8 Å². The van der Waals surface area contributed by atoms with E-state index in [-0.39, 0.29) is 6.10 Å². The lowest BCUT2D eigenvalue weighted by molar-refractivity contribution is -0.693. The maximum Gasteiger partial charge on any atom is 0.274 e. The van der Waals surface area contributed by atoms with Gasteiger partial charge >= 0.3 is 0 Å². The number of pyridine rings is 1. The topological polar surface area (TPSA) is 36.1 Å². The Morgan fingerprint density at radius 3 is 3.36 bits per heavy atom. The molecule has 0 saturated heterocycles. The van der Waals surface area contributed by atoms with Crippen molar-refractivity contribution in [1.82, 2.24) is 0 Å². The van der Waals surface area contributed by atoms with Gasteiger partial charge in [0.15, 0.2) is 0 Å². The first-order valence-electron chi connectivity index (χ1n) is 3.76. The molecular weight excluding hydrogens is 140 g/mol. The predicted molar refractivity (Wildman–Crippen MR) is 41.1 cm³/mol. The van der Waals surface area contributed by atoms with Gasteiger partial charge < -0.3 is 5.11 Å². The maximum absolute atomic E-state index is 9.27. The van der Waals surface area contributed by atoms with E-state index in [9.17, 15) is 5.11 Å². The molecule has 1 aliphatic heterocycles. The van der Waals surface area contributed by atoms with E-state index in [1.807, 2.05) is 29.0 Å². The van der Waals surface area contributed by atoms with E-state index in [4.69, 9.17) is 0 Å². The Labute approximate surface area is 65.3 Å². The van der Waals surface area contributed by atoms with Gasteiger partial charge in [0.25, 0.3) is 5.82 Å². The third-order valence-corrected chi connectivity index (χ3v) is 1.87. The van der Waals surface area contributed by atoms with Gasteiger partial charge in [-0.25, -0.2) is 4.57 Å². The maximum atomic E-state index is 9.27. The number of aliphatic hydroxyl groups is 1. The number of fused-ring (bicyclic) bond motifs is 1. The van der Waals surface area contributed by atoms with Gasteiger partial charge in [-0.2, -0.15) is 0 Å². The number of hydrogen-bond donors (Lipinski definition) is 2. The minimum Gasteiger partial charge on any atom is -0.385 e. The molecule has 2 heterocycles. The summed E-state index contributed by atoms with van der Waals surface area (Å²) >= 11 is 0. The molecule has 0 aliphatic carbocycles. The second kappa shape index (κ2) is 2.51. The lowest BCUT2D eigenvalue weighted by atomic mass is 10.2. The Kier molecular flexibility index (Phi) is 1.51. The highest BCUT2D eigenvalue weighted by atomic mass is 16.3. The van der Waals surface area contributed by atoms with E-state index < -0.39 is 0 Å². The monoisotopic (exact) mass is 151 g/mol. The van der Waals surface area contributed by atoms with Gasteiger partial charge in [0.2, 0.25) is 0 Å². The van der Waals surface area contributed by atoms with Gasteiger partial charge in [-0.15, -0.1) is 0 Å². The molecule has 0 unspecified atom stereocenters. The third kappa shape index (κ3) is 1.19. The molecule has 0 saturated carbocycles. The van der Waals surface area contributed by atoms with E-state index >= 15 is 0 Å². The molecule has 2 N–H and O–H groups in total. The summed E-state index contributed by atoms with van der Waals surface area (Å²) in [6.07, 6.45) is 1.71. The largest absolute Gasteiger partial charge is 0.385 e. The van der Waals surface area contributed by atoms with Crippen molar-refractivity contribution in [2.24, 2.45) is 0 Å². The van der Waals surface area contributed by atoms with Crippen molar-refractivity contribution >= 4 is 5.82 Å². The predicted octanol–water partition coefficient (Wildman–Crippen LogP) is -0.240. The molecule has 3 heteroatoms. The zero-order valence-corrected chi connectivity index (χ0v) is 6.20. The minimum atomic E-state index is -0.255. The van der Waals surface area contributed by atoms with Crippen LogP contribution in [0, 0.1) is 0 Å². The molecule has 3 nitrogen and oxygen atoms in total. The highest BCUT2D eigenvalue weighted by Crippen LogP contribution is 2.03. The molecule has 58 valence electrons. The van der Waals surface area contributed by atoms with Gasteiger partial charge in [0.05, 0.1) is 6.20 Å². The summed E-state index contributed by atoms with van der Waals surface area (Å²) in [5.41, 5.74) is 0. The van der Waals surface area contributed by atoms with Gasteiger partial charge in [-0.05, 0) is 6.07 Å². The molecule has 11 heavy (non-hydrogen) atoms. The van der Waals surface area contributed by atoms with Crippen molar-refractivity contribution in [3.63, 3.8) is 0 Å². The average molecular weight is 151 g/mol. The molecule has 0 aromatic carbocycles. The average Bonchev–Trinajstić information content (AvgIpc) is 2.04. The smallest absolute Gasteiger partial charge is 0.274 e. The van der Waals surface area contributed by atoms with E-state index in [1.54, 1.807) is 0 Å². The SMILES string of the molecule is O[C@@H]1CNc2cccc[n+]2C1. The van der Waals surface area contributed by atoms with Gasteiger partial charge in [0, 0.05) is 6.07 Å². The molecule has 2 rings (SSSR count). The number of rotatable bonds is 0. The highest BCUT2D eigenvalue weighted by molar-refractivity contribution is 5.28. The second-order valence-electron chi connectivity index (χ2n) is 2.77. The van der Waals surface area contributed by atoms with E-state index in [1.165, 1.54) is 0 Å².